The number of carbonyl (C=O) groups is 1. The molecule has 2 bridgehead atoms. The number of fused-ring (bicyclic) bond motifs is 3. The number of aryl methyl sites for hydroxylation is 1. The van der Waals surface area contributed by atoms with Gasteiger partial charge in [-0.25, -0.2) is 19.4 Å². The second-order valence-corrected chi connectivity index (χ2v) is 8.62. The fourth-order valence-corrected chi connectivity index (χ4v) is 4.96. The Labute approximate surface area is 190 Å². The molecule has 1 aromatic carbocycles. The van der Waals surface area contributed by atoms with E-state index in [-0.39, 0.29) is 12.1 Å². The van der Waals surface area contributed by atoms with Crippen LogP contribution in [0.2, 0.25) is 0 Å². The van der Waals surface area contributed by atoms with Crippen LogP contribution in [-0.2, 0) is 0 Å². The van der Waals surface area contributed by atoms with Crippen molar-refractivity contribution in [2.75, 3.05) is 23.3 Å². The number of hydrogen-bond donors (Lipinski definition) is 2. The van der Waals surface area contributed by atoms with Crippen LogP contribution in [0.4, 0.5) is 22.2 Å². The number of anilines is 3. The number of rotatable bonds is 4. The molecule has 3 aromatic heterocycles. The van der Waals surface area contributed by atoms with Crippen molar-refractivity contribution in [1.29, 1.82) is 0 Å². The van der Waals surface area contributed by atoms with Gasteiger partial charge in [0.15, 0.2) is 5.82 Å². The number of nitrogens with one attached hydrogen (secondary N) is 1. The fourth-order valence-electron chi connectivity index (χ4n) is 4.96. The predicted molar refractivity (Wildman–Crippen MR) is 125 cm³/mol. The highest BCUT2D eigenvalue weighted by Gasteiger charge is 2.45. The average Bonchev–Trinajstić information content (AvgIpc) is 3.53. The van der Waals surface area contributed by atoms with Crippen molar-refractivity contribution in [3.05, 3.63) is 66.5 Å². The quantitative estimate of drug-likeness (QED) is 0.497. The lowest BCUT2D eigenvalue weighted by Crippen LogP contribution is -2.48. The number of carboxylic acid groups (broad SMARTS) is 1. The van der Waals surface area contributed by atoms with Crippen LogP contribution < -0.4 is 10.2 Å². The number of nitrogens with zero attached hydrogens (tertiary/aromatic N) is 6. The first-order chi connectivity index (χ1) is 16.1. The van der Waals surface area contributed by atoms with E-state index in [9.17, 15) is 9.90 Å². The van der Waals surface area contributed by atoms with E-state index in [4.69, 9.17) is 5.10 Å². The molecule has 2 saturated heterocycles. The molecular weight excluding hydrogens is 418 g/mol. The monoisotopic (exact) mass is 441 g/mol. The van der Waals surface area contributed by atoms with Gasteiger partial charge in [-0.15, -0.1) is 5.10 Å². The first kappa shape index (κ1) is 19.5. The number of para-hydroxylation sites is 1. The van der Waals surface area contributed by atoms with E-state index in [2.05, 4.69) is 20.2 Å². The molecule has 0 aliphatic carbocycles. The Morgan fingerprint density at radius 1 is 1.06 bits per heavy atom. The molecule has 0 spiro atoms. The van der Waals surface area contributed by atoms with E-state index in [0.717, 1.165) is 46.0 Å². The summed E-state index contributed by atoms with van der Waals surface area (Å²) in [5, 5.41) is 18.6. The Morgan fingerprint density at radius 2 is 1.91 bits per heavy atom. The maximum atomic E-state index is 11.4. The van der Waals surface area contributed by atoms with Gasteiger partial charge in [0.05, 0.1) is 23.3 Å². The van der Waals surface area contributed by atoms with Gasteiger partial charge in [0.2, 0.25) is 0 Å². The molecule has 9 nitrogen and oxygen atoms in total. The van der Waals surface area contributed by atoms with E-state index in [1.54, 1.807) is 17.3 Å². The van der Waals surface area contributed by atoms with Crippen molar-refractivity contribution < 1.29 is 9.90 Å². The van der Waals surface area contributed by atoms with Crippen molar-refractivity contribution in [3.8, 4) is 5.69 Å². The first-order valence-corrected chi connectivity index (χ1v) is 11.0. The molecule has 5 heterocycles. The Morgan fingerprint density at radius 3 is 2.70 bits per heavy atom. The number of aromatic nitrogens is 4. The number of pyridine rings is 2. The molecule has 2 aliphatic heterocycles. The Kier molecular flexibility index (Phi) is 4.42. The Hall–Kier alpha value is -4.14. The second-order valence-electron chi connectivity index (χ2n) is 8.62. The van der Waals surface area contributed by atoms with Gasteiger partial charge in [0, 0.05) is 36.9 Å². The van der Waals surface area contributed by atoms with E-state index >= 15 is 0 Å². The molecule has 2 aliphatic rings. The molecule has 33 heavy (non-hydrogen) atoms. The summed E-state index contributed by atoms with van der Waals surface area (Å²) in [6, 6.07) is 16.2. The minimum absolute atomic E-state index is 0.0288. The maximum Gasteiger partial charge on any atom is 0.407 e. The number of piperazine rings is 1. The van der Waals surface area contributed by atoms with Crippen LogP contribution in [0.1, 0.15) is 12.0 Å². The van der Waals surface area contributed by atoms with Gasteiger partial charge < -0.3 is 20.2 Å². The molecule has 2 unspecified atom stereocenters. The topological polar surface area (TPSA) is 99.4 Å². The van der Waals surface area contributed by atoms with E-state index in [0.29, 0.717) is 13.1 Å². The summed E-state index contributed by atoms with van der Waals surface area (Å²) < 4.78 is 1.91. The minimum atomic E-state index is -0.838. The standard InChI is InChI=1S/C24H23N7O2/c1-15-6-8-25-21(10-15)27-23-19-4-2-3-5-20(19)31(28-23)16-7-9-26-22(12-16)29-13-18-11-17(29)14-30(18)24(32)33/h2-10,12,17-18H,11,13-14H2,1H3,(H,32,33)(H,25,27,28). The summed E-state index contributed by atoms with van der Waals surface area (Å²) in [5.74, 6) is 2.33. The van der Waals surface area contributed by atoms with Gasteiger partial charge >= 0.3 is 6.09 Å². The van der Waals surface area contributed by atoms with Gasteiger partial charge in [0.25, 0.3) is 0 Å². The van der Waals surface area contributed by atoms with Crippen molar-refractivity contribution in [2.24, 2.45) is 0 Å². The van der Waals surface area contributed by atoms with Crippen LogP contribution >= 0.6 is 0 Å². The lowest BCUT2D eigenvalue weighted by Gasteiger charge is -2.33. The van der Waals surface area contributed by atoms with Crippen LogP contribution in [-0.4, -0.2) is 61.0 Å². The highest BCUT2D eigenvalue weighted by Crippen LogP contribution is 2.35. The summed E-state index contributed by atoms with van der Waals surface area (Å²) in [4.78, 5) is 24.2. The normalized spacial score (nSPS) is 19.4. The van der Waals surface area contributed by atoms with Crippen LogP contribution in [0.25, 0.3) is 16.6 Å². The predicted octanol–water partition coefficient (Wildman–Crippen LogP) is 3.81. The Bertz CT molecular complexity index is 1370. The minimum Gasteiger partial charge on any atom is -0.465 e. The van der Waals surface area contributed by atoms with Gasteiger partial charge in [-0.05, 0) is 49.2 Å². The highest BCUT2D eigenvalue weighted by atomic mass is 16.4. The molecule has 6 rings (SSSR count). The molecule has 4 aromatic rings. The van der Waals surface area contributed by atoms with E-state index in [1.807, 2.05) is 60.1 Å². The molecule has 2 fully saturated rings. The Balaban J connectivity index is 1.35. The molecule has 9 heteroatoms. The van der Waals surface area contributed by atoms with Crippen LogP contribution in [0.3, 0.4) is 0 Å². The summed E-state index contributed by atoms with van der Waals surface area (Å²) in [6.45, 7) is 3.22. The van der Waals surface area contributed by atoms with Gasteiger partial charge in [0.1, 0.15) is 11.6 Å². The lowest BCUT2D eigenvalue weighted by atomic mass is 10.2. The molecule has 0 saturated carbocycles. The molecular formula is C24H23N7O2. The van der Waals surface area contributed by atoms with Crippen molar-refractivity contribution in [3.63, 3.8) is 0 Å². The molecule has 1 amide bonds. The highest BCUT2D eigenvalue weighted by molar-refractivity contribution is 5.92. The third-order valence-electron chi connectivity index (χ3n) is 6.50. The number of benzene rings is 1. The van der Waals surface area contributed by atoms with E-state index < -0.39 is 6.09 Å². The van der Waals surface area contributed by atoms with Crippen LogP contribution in [0, 0.1) is 6.92 Å². The molecule has 0 radical (unpaired) electrons. The third-order valence-corrected chi connectivity index (χ3v) is 6.50. The van der Waals surface area contributed by atoms with Crippen molar-refractivity contribution in [2.45, 2.75) is 25.4 Å². The summed E-state index contributed by atoms with van der Waals surface area (Å²) >= 11 is 0. The number of likely N-dealkylation sites (tertiary alicyclic amines) is 1. The van der Waals surface area contributed by atoms with Gasteiger partial charge in [-0.2, -0.15) is 0 Å². The maximum absolute atomic E-state index is 11.4. The molecule has 2 N–H and O–H groups in total. The molecule has 166 valence electrons. The second kappa shape index (κ2) is 7.47. The van der Waals surface area contributed by atoms with Crippen molar-refractivity contribution >= 4 is 34.4 Å². The summed E-state index contributed by atoms with van der Waals surface area (Å²) in [7, 11) is 0. The smallest absolute Gasteiger partial charge is 0.407 e. The largest absolute Gasteiger partial charge is 0.465 e. The third kappa shape index (κ3) is 3.32. The van der Waals surface area contributed by atoms with Gasteiger partial charge in [-0.1, -0.05) is 12.1 Å². The number of amides is 1. The summed E-state index contributed by atoms with van der Waals surface area (Å²) in [5.41, 5.74) is 3.00. The summed E-state index contributed by atoms with van der Waals surface area (Å²) in [6.07, 6.45) is 3.58. The average molecular weight is 441 g/mol. The fraction of sp³-hybridized carbons (Fsp3) is 0.250. The molecule has 2 atom stereocenters. The van der Waals surface area contributed by atoms with E-state index in [1.165, 1.54) is 0 Å². The van der Waals surface area contributed by atoms with Gasteiger partial charge in [-0.3, -0.25) is 0 Å². The van der Waals surface area contributed by atoms with Crippen molar-refractivity contribution in [1.82, 2.24) is 24.6 Å². The lowest BCUT2D eigenvalue weighted by molar-refractivity contribution is 0.137. The first-order valence-electron chi connectivity index (χ1n) is 11.0. The zero-order valence-corrected chi connectivity index (χ0v) is 18.1. The zero-order valence-electron chi connectivity index (χ0n) is 18.1. The SMILES string of the molecule is Cc1ccnc(Nc2nn(-c3ccnc(N4CC5CC4CN5C(=O)O)c3)c3ccccc23)c1. The van der Waals surface area contributed by atoms with Crippen LogP contribution in [0.5, 0.6) is 0 Å². The van der Waals surface area contributed by atoms with Crippen LogP contribution in [0.15, 0.2) is 60.9 Å². The zero-order chi connectivity index (χ0) is 22.5. The number of hydrogen-bond acceptors (Lipinski definition) is 6.